The van der Waals surface area contributed by atoms with Gasteiger partial charge in [-0.3, -0.25) is 20.0 Å². The zero-order valence-corrected chi connectivity index (χ0v) is 12.6. The molecule has 110 valence electrons. The van der Waals surface area contributed by atoms with Crippen molar-refractivity contribution < 1.29 is 9.72 Å². The molecule has 0 aliphatic rings. The molecule has 0 aliphatic carbocycles. The summed E-state index contributed by atoms with van der Waals surface area (Å²) in [7, 11) is 0. The molecule has 0 bridgehead atoms. The molecule has 3 rings (SSSR count). The largest absolute Gasteiger partial charge is 0.321 e. The molecule has 0 aliphatic heterocycles. The molecule has 0 radical (unpaired) electrons. The normalized spacial score (nSPS) is 10.6. The fraction of sp³-hybridized carbons (Fsp3) is 0. The van der Waals surface area contributed by atoms with Gasteiger partial charge in [-0.2, -0.15) is 5.10 Å². The lowest BCUT2D eigenvalue weighted by molar-refractivity contribution is -0.384. The molecule has 3 aromatic rings. The second kappa shape index (κ2) is 5.57. The van der Waals surface area contributed by atoms with Crippen LogP contribution < -0.4 is 5.32 Å². The van der Waals surface area contributed by atoms with Crippen molar-refractivity contribution in [2.45, 2.75) is 0 Å². The summed E-state index contributed by atoms with van der Waals surface area (Å²) in [5, 5.41) is 20.6. The zero-order chi connectivity index (χ0) is 15.7. The highest BCUT2D eigenvalue weighted by atomic mass is 79.9. The predicted octanol–water partition coefficient (Wildman–Crippen LogP) is 3.49. The molecular weight excluding hydrogens is 352 g/mol. The highest BCUT2D eigenvalue weighted by molar-refractivity contribution is 9.10. The second-order valence-corrected chi connectivity index (χ2v) is 5.44. The van der Waals surface area contributed by atoms with Gasteiger partial charge in [-0.1, -0.05) is 15.9 Å². The highest BCUT2D eigenvalue weighted by Gasteiger charge is 2.17. The number of nitrogens with zero attached hydrogens (tertiary/aromatic N) is 2. The number of hydrogen-bond acceptors (Lipinski definition) is 4. The third kappa shape index (κ3) is 2.68. The molecule has 0 spiro atoms. The van der Waals surface area contributed by atoms with Crippen LogP contribution in [0.4, 0.5) is 11.4 Å². The van der Waals surface area contributed by atoms with Crippen LogP contribution in [0.25, 0.3) is 10.9 Å². The number of fused-ring (bicyclic) bond motifs is 1. The highest BCUT2D eigenvalue weighted by Crippen LogP contribution is 2.23. The van der Waals surface area contributed by atoms with Crippen molar-refractivity contribution in [3.05, 3.63) is 62.7 Å². The fourth-order valence-corrected chi connectivity index (χ4v) is 2.28. The second-order valence-electron chi connectivity index (χ2n) is 4.52. The van der Waals surface area contributed by atoms with Crippen LogP contribution in [0.1, 0.15) is 10.5 Å². The minimum absolute atomic E-state index is 0.0911. The first-order valence-corrected chi connectivity index (χ1v) is 7.03. The maximum atomic E-state index is 12.3. The average Bonchev–Trinajstić information content (AvgIpc) is 2.92. The zero-order valence-electron chi connectivity index (χ0n) is 11.0. The molecule has 0 unspecified atom stereocenters. The van der Waals surface area contributed by atoms with Crippen molar-refractivity contribution in [3.63, 3.8) is 0 Å². The van der Waals surface area contributed by atoms with Gasteiger partial charge < -0.3 is 5.32 Å². The number of aromatic amines is 1. The van der Waals surface area contributed by atoms with Crippen molar-refractivity contribution in [2.24, 2.45) is 0 Å². The number of anilines is 1. The summed E-state index contributed by atoms with van der Waals surface area (Å²) in [5.41, 5.74) is 1.19. The molecule has 0 atom stereocenters. The number of carbonyl (C=O) groups excluding carboxylic acids is 1. The third-order valence-corrected chi connectivity index (χ3v) is 3.60. The number of H-pyrrole nitrogens is 1. The number of hydrogen-bond donors (Lipinski definition) is 2. The van der Waals surface area contributed by atoms with E-state index in [9.17, 15) is 14.9 Å². The van der Waals surface area contributed by atoms with E-state index in [0.717, 1.165) is 4.47 Å². The smallest absolute Gasteiger partial charge is 0.276 e. The van der Waals surface area contributed by atoms with Gasteiger partial charge in [0.15, 0.2) is 5.69 Å². The molecule has 0 saturated carbocycles. The van der Waals surface area contributed by atoms with Crippen molar-refractivity contribution >= 4 is 44.1 Å². The molecule has 1 amide bonds. The van der Waals surface area contributed by atoms with Gasteiger partial charge in [-0.15, -0.1) is 0 Å². The molecule has 2 N–H and O–H groups in total. The Morgan fingerprint density at radius 1 is 1.23 bits per heavy atom. The lowest BCUT2D eigenvalue weighted by Crippen LogP contribution is -2.12. The molecular formula is C14H9BrN4O3. The number of aromatic nitrogens is 2. The van der Waals surface area contributed by atoms with E-state index in [0.29, 0.717) is 16.6 Å². The van der Waals surface area contributed by atoms with E-state index >= 15 is 0 Å². The molecule has 0 fully saturated rings. The Hall–Kier alpha value is -2.74. The molecule has 8 heteroatoms. The molecule has 22 heavy (non-hydrogen) atoms. The van der Waals surface area contributed by atoms with E-state index in [1.807, 2.05) is 0 Å². The number of benzene rings is 2. The van der Waals surface area contributed by atoms with E-state index < -0.39 is 10.8 Å². The summed E-state index contributed by atoms with van der Waals surface area (Å²) in [6.07, 6.45) is 0. The van der Waals surface area contributed by atoms with Gasteiger partial charge in [0.2, 0.25) is 0 Å². The van der Waals surface area contributed by atoms with Crippen LogP contribution in [0.3, 0.4) is 0 Å². The fourth-order valence-electron chi connectivity index (χ4n) is 2.01. The summed E-state index contributed by atoms with van der Waals surface area (Å²) in [4.78, 5) is 22.6. The van der Waals surface area contributed by atoms with E-state index in [1.54, 1.807) is 24.3 Å². The number of nitro groups is 1. The first kappa shape index (κ1) is 14.2. The number of amides is 1. The number of non-ortho nitro benzene ring substituents is 1. The summed E-state index contributed by atoms with van der Waals surface area (Å²) < 4.78 is 0.895. The van der Waals surface area contributed by atoms with Crippen LogP contribution in [0, 0.1) is 10.1 Å². The first-order chi connectivity index (χ1) is 10.5. The van der Waals surface area contributed by atoms with E-state index in [4.69, 9.17) is 0 Å². The standard InChI is InChI=1S/C14H9BrN4O3/c15-8-1-3-9(4-2-8)16-14(20)13-11-7-10(19(21)22)5-6-12(11)17-18-13/h1-7H,(H,16,20)(H,17,18). The van der Waals surface area contributed by atoms with Crippen LogP contribution >= 0.6 is 15.9 Å². The number of rotatable bonds is 3. The van der Waals surface area contributed by atoms with Crippen molar-refractivity contribution in [2.75, 3.05) is 5.32 Å². The average molecular weight is 361 g/mol. The van der Waals surface area contributed by atoms with Crippen LogP contribution in [-0.4, -0.2) is 21.0 Å². The Balaban J connectivity index is 1.95. The monoisotopic (exact) mass is 360 g/mol. The quantitative estimate of drug-likeness (QED) is 0.551. The van der Waals surface area contributed by atoms with Gasteiger partial charge >= 0.3 is 0 Å². The van der Waals surface area contributed by atoms with E-state index in [1.165, 1.54) is 18.2 Å². The SMILES string of the molecule is O=C(Nc1ccc(Br)cc1)c1n[nH]c2ccc([N+](=O)[O-])cc12. The topological polar surface area (TPSA) is 101 Å². The summed E-state index contributed by atoms with van der Waals surface area (Å²) in [6.45, 7) is 0. The van der Waals surface area contributed by atoms with Gasteiger partial charge in [-0.25, -0.2) is 0 Å². The lowest BCUT2D eigenvalue weighted by atomic mass is 10.2. The Morgan fingerprint density at radius 2 is 1.95 bits per heavy atom. The molecule has 0 saturated heterocycles. The molecule has 1 heterocycles. The number of nitrogens with one attached hydrogen (secondary N) is 2. The maximum absolute atomic E-state index is 12.3. The molecule has 1 aromatic heterocycles. The Bertz CT molecular complexity index is 873. The van der Waals surface area contributed by atoms with Gasteiger partial charge in [0.1, 0.15) is 0 Å². The molecule has 7 nitrogen and oxygen atoms in total. The van der Waals surface area contributed by atoms with Crippen molar-refractivity contribution in [3.8, 4) is 0 Å². The van der Waals surface area contributed by atoms with Crippen LogP contribution in [-0.2, 0) is 0 Å². The van der Waals surface area contributed by atoms with Crippen molar-refractivity contribution in [1.29, 1.82) is 0 Å². The van der Waals surface area contributed by atoms with Crippen LogP contribution in [0.2, 0.25) is 0 Å². The Labute approximate surface area is 132 Å². The van der Waals surface area contributed by atoms with Gasteiger partial charge in [0.05, 0.1) is 10.4 Å². The van der Waals surface area contributed by atoms with E-state index in [2.05, 4.69) is 31.4 Å². The lowest BCUT2D eigenvalue weighted by Gasteiger charge is -2.03. The van der Waals surface area contributed by atoms with E-state index in [-0.39, 0.29) is 11.4 Å². The minimum Gasteiger partial charge on any atom is -0.321 e. The van der Waals surface area contributed by atoms with Crippen molar-refractivity contribution in [1.82, 2.24) is 10.2 Å². The van der Waals surface area contributed by atoms with Gasteiger partial charge in [-0.05, 0) is 30.3 Å². The number of halogens is 1. The summed E-state index contributed by atoms with van der Waals surface area (Å²) in [6, 6.07) is 11.3. The molecule has 2 aromatic carbocycles. The summed E-state index contributed by atoms with van der Waals surface area (Å²) >= 11 is 3.31. The Morgan fingerprint density at radius 3 is 2.64 bits per heavy atom. The number of carbonyl (C=O) groups is 1. The minimum atomic E-state index is -0.511. The third-order valence-electron chi connectivity index (χ3n) is 3.07. The summed E-state index contributed by atoms with van der Waals surface area (Å²) in [5.74, 6) is -0.436. The van der Waals surface area contributed by atoms with Crippen LogP contribution in [0.5, 0.6) is 0 Å². The first-order valence-electron chi connectivity index (χ1n) is 6.24. The van der Waals surface area contributed by atoms with Gasteiger partial charge in [0, 0.05) is 27.7 Å². The predicted molar refractivity (Wildman–Crippen MR) is 84.8 cm³/mol. The van der Waals surface area contributed by atoms with Gasteiger partial charge in [0.25, 0.3) is 11.6 Å². The Kier molecular flexibility index (Phi) is 3.60. The van der Waals surface area contributed by atoms with Crippen LogP contribution in [0.15, 0.2) is 46.9 Å². The number of nitro benzene ring substituents is 1. The maximum Gasteiger partial charge on any atom is 0.276 e.